The van der Waals surface area contributed by atoms with E-state index in [0.29, 0.717) is 24.5 Å². The summed E-state index contributed by atoms with van der Waals surface area (Å²) in [6.45, 7) is 0.265. The molecule has 2 rings (SSSR count). The minimum absolute atomic E-state index is 0.0529. The van der Waals surface area contributed by atoms with Gasteiger partial charge in [-0.25, -0.2) is 0 Å². The first kappa shape index (κ1) is 10.3. The summed E-state index contributed by atoms with van der Waals surface area (Å²) in [7, 11) is 0. The summed E-state index contributed by atoms with van der Waals surface area (Å²) in [4.78, 5) is 0. The monoisotopic (exact) mass is 210 g/mol. The summed E-state index contributed by atoms with van der Waals surface area (Å²) in [5.74, 6) is 1.34. The van der Waals surface area contributed by atoms with Gasteiger partial charge in [0.25, 0.3) is 0 Å². The predicted octanol–water partition coefficient (Wildman–Crippen LogP) is 0.570. The van der Waals surface area contributed by atoms with Crippen LogP contribution in [0.15, 0.2) is 24.3 Å². The molecule has 1 heterocycles. The Bertz CT molecular complexity index is 326. The van der Waals surface area contributed by atoms with Gasteiger partial charge in [-0.05, 0) is 12.1 Å². The molecule has 4 heteroatoms. The molecule has 15 heavy (non-hydrogen) atoms. The molecule has 0 aromatic heterocycles. The number of para-hydroxylation sites is 2. The smallest absolute Gasteiger partial charge is 0.161 e. The number of hydrogen-bond donors (Lipinski definition) is 2. The molecule has 1 aromatic rings. The average molecular weight is 210 g/mol. The van der Waals surface area contributed by atoms with E-state index in [1.165, 1.54) is 0 Å². The summed E-state index contributed by atoms with van der Waals surface area (Å²) < 4.78 is 11.0. The minimum Gasteiger partial charge on any atom is -0.486 e. The number of hydrogen-bond acceptors (Lipinski definition) is 4. The lowest BCUT2D eigenvalue weighted by atomic mass is 10.1. The van der Waals surface area contributed by atoms with Gasteiger partial charge in [-0.2, -0.15) is 0 Å². The summed E-state index contributed by atoms with van der Waals surface area (Å²) in [5.41, 5.74) is 0. The largest absolute Gasteiger partial charge is 0.486 e. The van der Waals surface area contributed by atoms with E-state index in [1.54, 1.807) is 6.07 Å². The van der Waals surface area contributed by atoms with Gasteiger partial charge in [0.05, 0.1) is 6.10 Å². The number of rotatable bonds is 3. The van der Waals surface area contributed by atoms with Crippen molar-refractivity contribution in [2.75, 3.05) is 13.2 Å². The van der Waals surface area contributed by atoms with Crippen LogP contribution in [0.2, 0.25) is 0 Å². The second-order valence-corrected chi connectivity index (χ2v) is 3.49. The van der Waals surface area contributed by atoms with Crippen molar-refractivity contribution in [1.82, 2.24) is 0 Å². The van der Waals surface area contributed by atoms with Crippen LogP contribution in [0.5, 0.6) is 11.5 Å². The zero-order valence-corrected chi connectivity index (χ0v) is 8.30. The van der Waals surface area contributed by atoms with Crippen LogP contribution in [0, 0.1) is 0 Å². The van der Waals surface area contributed by atoms with Crippen molar-refractivity contribution in [3.05, 3.63) is 24.3 Å². The Labute approximate surface area is 88.1 Å². The molecular formula is C11H14O4. The minimum atomic E-state index is -0.691. The molecule has 4 nitrogen and oxygen atoms in total. The van der Waals surface area contributed by atoms with Crippen molar-refractivity contribution in [3.8, 4) is 11.5 Å². The molecule has 0 saturated heterocycles. The second kappa shape index (κ2) is 4.51. The highest BCUT2D eigenvalue weighted by molar-refractivity contribution is 5.40. The van der Waals surface area contributed by atoms with Crippen LogP contribution in [0.3, 0.4) is 0 Å². The zero-order chi connectivity index (χ0) is 10.7. The maximum absolute atomic E-state index is 9.63. The highest BCUT2D eigenvalue weighted by Crippen LogP contribution is 2.31. The van der Waals surface area contributed by atoms with Crippen LogP contribution in [0.25, 0.3) is 0 Å². The van der Waals surface area contributed by atoms with Gasteiger partial charge >= 0.3 is 0 Å². The number of aliphatic hydroxyl groups is 2. The SMILES string of the molecule is OCC[C@@H](O)[C@H]1COc2ccccc2O1. The molecule has 0 amide bonds. The number of benzene rings is 1. The molecule has 0 spiro atoms. The summed E-state index contributed by atoms with van der Waals surface area (Å²) >= 11 is 0. The average Bonchev–Trinajstić information content (AvgIpc) is 2.29. The van der Waals surface area contributed by atoms with Gasteiger partial charge in [0.15, 0.2) is 17.6 Å². The molecule has 0 fully saturated rings. The molecule has 0 radical (unpaired) electrons. The summed E-state index contributed by atoms with van der Waals surface area (Å²) in [6.07, 6.45) is -0.786. The van der Waals surface area contributed by atoms with Crippen LogP contribution >= 0.6 is 0 Å². The first-order valence-electron chi connectivity index (χ1n) is 4.98. The van der Waals surface area contributed by atoms with Gasteiger partial charge in [0, 0.05) is 13.0 Å². The molecule has 0 saturated carbocycles. The fourth-order valence-corrected chi connectivity index (χ4v) is 1.54. The van der Waals surface area contributed by atoms with Crippen LogP contribution in [-0.2, 0) is 0 Å². The third kappa shape index (κ3) is 2.22. The molecule has 2 atom stereocenters. The molecule has 1 aliphatic rings. The second-order valence-electron chi connectivity index (χ2n) is 3.49. The van der Waals surface area contributed by atoms with E-state index in [2.05, 4.69) is 0 Å². The van der Waals surface area contributed by atoms with Gasteiger partial charge < -0.3 is 19.7 Å². The number of fused-ring (bicyclic) bond motifs is 1. The molecule has 0 aliphatic carbocycles. The van der Waals surface area contributed by atoms with Crippen LogP contribution < -0.4 is 9.47 Å². The Kier molecular flexibility index (Phi) is 3.08. The predicted molar refractivity (Wildman–Crippen MR) is 54.1 cm³/mol. The molecule has 0 bridgehead atoms. The molecule has 1 aliphatic heterocycles. The summed E-state index contributed by atoms with van der Waals surface area (Å²) in [6, 6.07) is 7.34. The number of ether oxygens (including phenoxy) is 2. The standard InChI is InChI=1S/C11H14O4/c12-6-5-8(13)11-7-14-9-3-1-2-4-10(9)15-11/h1-4,8,11-13H,5-7H2/t8-,11-/m1/s1. The Morgan fingerprint density at radius 2 is 2.07 bits per heavy atom. The van der Waals surface area contributed by atoms with E-state index >= 15 is 0 Å². The Balaban J connectivity index is 2.05. The Morgan fingerprint density at radius 3 is 2.80 bits per heavy atom. The van der Waals surface area contributed by atoms with Gasteiger partial charge in [0.2, 0.25) is 0 Å². The molecule has 0 unspecified atom stereocenters. The highest BCUT2D eigenvalue weighted by atomic mass is 16.6. The molecule has 82 valence electrons. The first-order valence-corrected chi connectivity index (χ1v) is 4.98. The van der Waals surface area contributed by atoms with Gasteiger partial charge in [0.1, 0.15) is 6.61 Å². The fraction of sp³-hybridized carbons (Fsp3) is 0.455. The maximum atomic E-state index is 9.63. The van der Waals surface area contributed by atoms with E-state index in [-0.39, 0.29) is 6.61 Å². The third-order valence-electron chi connectivity index (χ3n) is 2.38. The van der Waals surface area contributed by atoms with E-state index in [1.807, 2.05) is 18.2 Å². The van der Waals surface area contributed by atoms with E-state index < -0.39 is 12.2 Å². The Morgan fingerprint density at radius 1 is 1.33 bits per heavy atom. The van der Waals surface area contributed by atoms with Crippen LogP contribution in [0.4, 0.5) is 0 Å². The summed E-state index contributed by atoms with van der Waals surface area (Å²) in [5, 5.41) is 18.3. The van der Waals surface area contributed by atoms with Crippen molar-refractivity contribution in [3.63, 3.8) is 0 Å². The van der Waals surface area contributed by atoms with Crippen molar-refractivity contribution in [1.29, 1.82) is 0 Å². The van der Waals surface area contributed by atoms with E-state index in [4.69, 9.17) is 14.6 Å². The van der Waals surface area contributed by atoms with Gasteiger partial charge in [-0.3, -0.25) is 0 Å². The van der Waals surface area contributed by atoms with Gasteiger partial charge in [-0.15, -0.1) is 0 Å². The molecular weight excluding hydrogens is 196 g/mol. The lowest BCUT2D eigenvalue weighted by Gasteiger charge is -2.29. The van der Waals surface area contributed by atoms with Gasteiger partial charge in [-0.1, -0.05) is 12.1 Å². The highest BCUT2D eigenvalue weighted by Gasteiger charge is 2.26. The zero-order valence-electron chi connectivity index (χ0n) is 8.30. The lowest BCUT2D eigenvalue weighted by molar-refractivity contribution is -0.0198. The van der Waals surface area contributed by atoms with Crippen molar-refractivity contribution in [2.24, 2.45) is 0 Å². The third-order valence-corrected chi connectivity index (χ3v) is 2.38. The van der Waals surface area contributed by atoms with Crippen LogP contribution in [0.1, 0.15) is 6.42 Å². The Hall–Kier alpha value is -1.26. The van der Waals surface area contributed by atoms with E-state index in [0.717, 1.165) is 0 Å². The lowest BCUT2D eigenvalue weighted by Crippen LogP contribution is -2.40. The first-order chi connectivity index (χ1) is 7.31. The molecule has 1 aromatic carbocycles. The molecule has 2 N–H and O–H groups in total. The quantitative estimate of drug-likeness (QED) is 0.765. The fourth-order valence-electron chi connectivity index (χ4n) is 1.54. The normalized spacial score (nSPS) is 21.1. The van der Waals surface area contributed by atoms with Crippen LogP contribution in [-0.4, -0.2) is 35.6 Å². The topological polar surface area (TPSA) is 58.9 Å². The number of aliphatic hydroxyl groups excluding tert-OH is 2. The van der Waals surface area contributed by atoms with Crippen molar-refractivity contribution >= 4 is 0 Å². The van der Waals surface area contributed by atoms with Crippen molar-refractivity contribution < 1.29 is 19.7 Å². The maximum Gasteiger partial charge on any atom is 0.161 e. The van der Waals surface area contributed by atoms with Crippen molar-refractivity contribution in [2.45, 2.75) is 18.6 Å². The van der Waals surface area contributed by atoms with E-state index in [9.17, 15) is 5.11 Å².